The summed E-state index contributed by atoms with van der Waals surface area (Å²) in [4.78, 5) is 35.4. The monoisotopic (exact) mass is 417 g/mol. The van der Waals surface area contributed by atoms with Gasteiger partial charge < -0.3 is 20.4 Å². The molecule has 0 radical (unpaired) electrons. The number of benzene rings is 1. The largest absolute Gasteiger partial charge is 0.490 e. The number of hydrogen-bond donors (Lipinski definition) is 3. The van der Waals surface area contributed by atoms with Crippen molar-refractivity contribution in [2.24, 2.45) is 5.92 Å². The Hall–Kier alpha value is -2.82. The first kappa shape index (κ1) is 22.5. The second-order valence-corrected chi connectivity index (χ2v) is 7.11. The summed E-state index contributed by atoms with van der Waals surface area (Å²) in [5.41, 5.74) is 2.41. The first-order valence-corrected chi connectivity index (χ1v) is 8.72. The van der Waals surface area contributed by atoms with Gasteiger partial charge in [0.15, 0.2) is 0 Å². The van der Waals surface area contributed by atoms with Gasteiger partial charge in [-0.15, -0.1) is 0 Å². The van der Waals surface area contributed by atoms with Gasteiger partial charge >= 0.3 is 24.1 Å². The van der Waals surface area contributed by atoms with Gasteiger partial charge in [-0.05, 0) is 11.1 Å². The normalized spacial score (nSPS) is 22.7. The van der Waals surface area contributed by atoms with Crippen molar-refractivity contribution in [1.82, 2.24) is 15.1 Å². The van der Waals surface area contributed by atoms with Gasteiger partial charge in [0.1, 0.15) is 0 Å². The van der Waals surface area contributed by atoms with Crippen LogP contribution >= 0.6 is 0 Å². The zero-order valence-electron chi connectivity index (χ0n) is 15.8. The Morgan fingerprint density at radius 3 is 2.17 bits per heavy atom. The van der Waals surface area contributed by atoms with Gasteiger partial charge in [-0.3, -0.25) is 9.69 Å². The van der Waals surface area contributed by atoms with E-state index in [-0.39, 0.29) is 24.5 Å². The van der Waals surface area contributed by atoms with Gasteiger partial charge in [0, 0.05) is 39.0 Å². The lowest BCUT2D eigenvalue weighted by Crippen LogP contribution is -2.40. The lowest BCUT2D eigenvalue weighted by molar-refractivity contribution is -0.192. The third-order valence-corrected chi connectivity index (χ3v) is 4.89. The van der Waals surface area contributed by atoms with E-state index in [2.05, 4.69) is 17.4 Å². The number of carboxylic acids is 2. The molecule has 1 aliphatic heterocycles. The molecule has 0 unspecified atom stereocenters. The van der Waals surface area contributed by atoms with E-state index in [4.69, 9.17) is 15.0 Å². The van der Waals surface area contributed by atoms with E-state index in [9.17, 15) is 22.8 Å². The molecule has 1 fully saturated rings. The van der Waals surface area contributed by atoms with Crippen molar-refractivity contribution in [2.45, 2.75) is 18.1 Å². The highest BCUT2D eigenvalue weighted by Gasteiger charge is 2.46. The van der Waals surface area contributed by atoms with Crippen LogP contribution in [0.25, 0.3) is 0 Å². The van der Waals surface area contributed by atoms with Crippen LogP contribution in [0.3, 0.4) is 0 Å². The molecular formula is C18H22F3N3O5. The average molecular weight is 417 g/mol. The summed E-state index contributed by atoms with van der Waals surface area (Å²) in [5, 5.41) is 19.2. The molecule has 1 saturated heterocycles. The summed E-state index contributed by atoms with van der Waals surface area (Å²) in [5.74, 6) is -3.03. The van der Waals surface area contributed by atoms with E-state index in [1.54, 1.807) is 14.1 Å². The van der Waals surface area contributed by atoms with Gasteiger partial charge in [-0.1, -0.05) is 24.3 Å². The van der Waals surface area contributed by atoms with Gasteiger partial charge in [0.25, 0.3) is 0 Å². The van der Waals surface area contributed by atoms with E-state index >= 15 is 0 Å². The number of rotatable bonds is 3. The van der Waals surface area contributed by atoms with Gasteiger partial charge in [-0.2, -0.15) is 13.2 Å². The lowest BCUT2D eigenvalue weighted by Gasteiger charge is -2.24. The minimum Gasteiger partial charge on any atom is -0.480 e. The number of halogens is 3. The number of likely N-dealkylation sites (tertiary alicyclic amines) is 1. The number of nitrogens with one attached hydrogen (secondary N) is 1. The van der Waals surface area contributed by atoms with Crippen molar-refractivity contribution >= 4 is 18.0 Å². The van der Waals surface area contributed by atoms with Crippen molar-refractivity contribution in [3.05, 3.63) is 35.4 Å². The quantitative estimate of drug-likeness (QED) is 0.691. The summed E-state index contributed by atoms with van der Waals surface area (Å²) < 4.78 is 31.7. The Bertz CT molecular complexity index is 784. The molecule has 1 heterocycles. The van der Waals surface area contributed by atoms with Crippen LogP contribution < -0.4 is 5.32 Å². The van der Waals surface area contributed by atoms with Crippen molar-refractivity contribution in [3.8, 4) is 0 Å². The molecule has 1 aromatic carbocycles. The molecule has 29 heavy (non-hydrogen) atoms. The summed E-state index contributed by atoms with van der Waals surface area (Å²) in [7, 11) is 3.44. The molecule has 1 aliphatic carbocycles. The number of hydrogen-bond acceptors (Lipinski definition) is 4. The standard InChI is InChI=1S/C16H21N3O3.C2HF3O2/c1-18(2)16(22)17-15-11-6-4-3-5-10(11)12-7-19(8-13(12)15)9-14(20)21;3-2(4,5)1(6)7/h3-6,12-13,15H,7-9H2,1-2H3,(H,17,22)(H,20,21);(H,6,7)/t12-,13-,15-;/m0./s1. The molecule has 2 amide bonds. The molecule has 0 spiro atoms. The highest BCUT2D eigenvalue weighted by Crippen LogP contribution is 2.49. The first-order valence-electron chi connectivity index (χ1n) is 8.72. The zero-order valence-corrected chi connectivity index (χ0v) is 15.8. The maximum absolute atomic E-state index is 12.1. The second kappa shape index (κ2) is 8.68. The minimum absolute atomic E-state index is 0.0464. The van der Waals surface area contributed by atoms with Crippen LogP contribution in [0.2, 0.25) is 0 Å². The van der Waals surface area contributed by atoms with Crippen LogP contribution in [-0.2, 0) is 9.59 Å². The molecule has 11 heteroatoms. The predicted octanol–water partition coefficient (Wildman–Crippen LogP) is 1.75. The number of carbonyl (C=O) groups excluding carboxylic acids is 1. The van der Waals surface area contributed by atoms with Crippen LogP contribution in [0.1, 0.15) is 23.1 Å². The number of amides is 2. The molecular weight excluding hydrogens is 395 g/mol. The van der Waals surface area contributed by atoms with Crippen molar-refractivity contribution < 1.29 is 37.8 Å². The number of fused-ring (bicyclic) bond motifs is 3. The van der Waals surface area contributed by atoms with Crippen LogP contribution in [-0.4, -0.2) is 77.9 Å². The topological polar surface area (TPSA) is 110 Å². The number of urea groups is 1. The maximum Gasteiger partial charge on any atom is 0.490 e. The summed E-state index contributed by atoms with van der Waals surface area (Å²) in [6, 6.07) is 8.00. The number of carboxylic acid groups (broad SMARTS) is 2. The molecule has 0 aromatic heterocycles. The molecule has 3 atom stereocenters. The molecule has 1 aromatic rings. The molecule has 8 nitrogen and oxygen atoms in total. The summed E-state index contributed by atoms with van der Waals surface area (Å²) in [6.07, 6.45) is -5.08. The molecule has 160 valence electrons. The fourth-order valence-corrected chi connectivity index (χ4v) is 3.71. The average Bonchev–Trinajstić information content (AvgIpc) is 3.12. The van der Waals surface area contributed by atoms with E-state index in [0.29, 0.717) is 12.5 Å². The van der Waals surface area contributed by atoms with E-state index < -0.39 is 18.1 Å². The minimum atomic E-state index is -5.08. The third kappa shape index (κ3) is 5.37. The Kier molecular flexibility index (Phi) is 6.73. The SMILES string of the molecule is CN(C)C(=O)N[C@H]1c2ccccc2[C@@H]2CN(CC(=O)O)C[C@@H]21.O=C(O)C(F)(F)F. The fraction of sp³-hybridized carbons (Fsp3) is 0.500. The summed E-state index contributed by atoms with van der Waals surface area (Å²) in [6.45, 7) is 1.50. The highest BCUT2D eigenvalue weighted by molar-refractivity contribution is 5.74. The van der Waals surface area contributed by atoms with Crippen LogP contribution in [0.4, 0.5) is 18.0 Å². The van der Waals surface area contributed by atoms with Gasteiger partial charge in [0.05, 0.1) is 12.6 Å². The lowest BCUT2D eigenvalue weighted by atomic mass is 9.94. The first-order chi connectivity index (χ1) is 13.4. The van der Waals surface area contributed by atoms with Crippen molar-refractivity contribution in [3.63, 3.8) is 0 Å². The van der Waals surface area contributed by atoms with Crippen molar-refractivity contribution in [2.75, 3.05) is 33.7 Å². The summed E-state index contributed by atoms with van der Waals surface area (Å²) >= 11 is 0. The van der Waals surface area contributed by atoms with E-state index in [1.165, 1.54) is 16.0 Å². The van der Waals surface area contributed by atoms with Crippen LogP contribution in [0.5, 0.6) is 0 Å². The molecule has 0 bridgehead atoms. The zero-order chi connectivity index (χ0) is 21.9. The van der Waals surface area contributed by atoms with Crippen molar-refractivity contribution in [1.29, 1.82) is 0 Å². The Balaban J connectivity index is 0.000000370. The second-order valence-electron chi connectivity index (χ2n) is 7.11. The predicted molar refractivity (Wildman–Crippen MR) is 95.4 cm³/mol. The fourth-order valence-electron chi connectivity index (χ4n) is 3.71. The number of carbonyl (C=O) groups is 3. The number of aliphatic carboxylic acids is 2. The Morgan fingerprint density at radius 1 is 1.14 bits per heavy atom. The Labute approximate surface area is 164 Å². The smallest absolute Gasteiger partial charge is 0.480 e. The number of alkyl halides is 3. The van der Waals surface area contributed by atoms with Gasteiger partial charge in [-0.25, -0.2) is 9.59 Å². The van der Waals surface area contributed by atoms with E-state index in [0.717, 1.165) is 6.54 Å². The molecule has 3 N–H and O–H groups in total. The highest BCUT2D eigenvalue weighted by atomic mass is 19.4. The molecule has 3 rings (SSSR count). The molecule has 2 aliphatic rings. The third-order valence-electron chi connectivity index (χ3n) is 4.89. The molecule has 0 saturated carbocycles. The Morgan fingerprint density at radius 2 is 1.69 bits per heavy atom. The van der Waals surface area contributed by atoms with Gasteiger partial charge in [0.2, 0.25) is 0 Å². The number of nitrogens with zero attached hydrogens (tertiary/aromatic N) is 2. The van der Waals surface area contributed by atoms with E-state index in [1.807, 2.05) is 17.0 Å². The van der Waals surface area contributed by atoms with Crippen LogP contribution in [0, 0.1) is 5.92 Å². The maximum atomic E-state index is 12.1. The van der Waals surface area contributed by atoms with Crippen LogP contribution in [0.15, 0.2) is 24.3 Å².